The van der Waals surface area contributed by atoms with Crippen LogP contribution >= 0.6 is 0 Å². The van der Waals surface area contributed by atoms with Crippen molar-refractivity contribution in [3.63, 3.8) is 0 Å². The fourth-order valence-electron chi connectivity index (χ4n) is 1.99. The monoisotopic (exact) mass is 301 g/mol. The predicted molar refractivity (Wildman–Crippen MR) is 85.1 cm³/mol. The maximum Gasteiger partial charge on any atom is 0.255 e. The van der Waals surface area contributed by atoms with E-state index in [0.29, 0.717) is 35.1 Å². The van der Waals surface area contributed by atoms with E-state index in [1.807, 2.05) is 6.92 Å². The second-order valence-electron chi connectivity index (χ2n) is 4.48. The van der Waals surface area contributed by atoms with E-state index in [1.54, 1.807) is 56.7 Å². The first-order valence-electron chi connectivity index (χ1n) is 6.94. The highest BCUT2D eigenvalue weighted by atomic mass is 16.5. The lowest BCUT2D eigenvalue weighted by molar-refractivity contribution is 0.102. The van der Waals surface area contributed by atoms with E-state index in [2.05, 4.69) is 5.32 Å². The summed E-state index contributed by atoms with van der Waals surface area (Å²) >= 11 is 0. The Labute approximate surface area is 129 Å². The molecule has 1 amide bonds. The van der Waals surface area contributed by atoms with Gasteiger partial charge in [0.25, 0.3) is 5.91 Å². The molecule has 0 heterocycles. The second-order valence-corrected chi connectivity index (χ2v) is 4.48. The average molecular weight is 301 g/mol. The van der Waals surface area contributed by atoms with Crippen LogP contribution in [0.5, 0.6) is 17.2 Å². The van der Waals surface area contributed by atoms with Crippen LogP contribution in [-0.2, 0) is 0 Å². The Morgan fingerprint density at radius 3 is 2.55 bits per heavy atom. The van der Waals surface area contributed by atoms with Gasteiger partial charge in [-0.3, -0.25) is 4.79 Å². The molecule has 0 aliphatic carbocycles. The molecule has 0 unspecified atom stereocenters. The van der Waals surface area contributed by atoms with Crippen molar-refractivity contribution < 1.29 is 19.0 Å². The highest BCUT2D eigenvalue weighted by Crippen LogP contribution is 2.30. The van der Waals surface area contributed by atoms with Gasteiger partial charge in [-0.15, -0.1) is 0 Å². The highest BCUT2D eigenvalue weighted by Gasteiger charge is 2.10. The molecule has 0 fully saturated rings. The van der Waals surface area contributed by atoms with E-state index >= 15 is 0 Å². The number of ether oxygens (including phenoxy) is 3. The van der Waals surface area contributed by atoms with Crippen LogP contribution in [0.4, 0.5) is 5.69 Å². The number of nitrogens with one attached hydrogen (secondary N) is 1. The molecule has 0 atom stereocenters. The van der Waals surface area contributed by atoms with Gasteiger partial charge in [0.1, 0.15) is 5.75 Å². The number of benzene rings is 2. The molecule has 116 valence electrons. The number of hydrogen-bond acceptors (Lipinski definition) is 4. The van der Waals surface area contributed by atoms with Crippen LogP contribution < -0.4 is 19.5 Å². The van der Waals surface area contributed by atoms with Gasteiger partial charge in [0.15, 0.2) is 11.5 Å². The summed E-state index contributed by atoms with van der Waals surface area (Å²) in [7, 11) is 3.12. The second kappa shape index (κ2) is 7.36. The Balaban J connectivity index is 2.17. The lowest BCUT2D eigenvalue weighted by Gasteiger charge is -2.12. The van der Waals surface area contributed by atoms with Crippen LogP contribution in [0, 0.1) is 0 Å². The summed E-state index contributed by atoms with van der Waals surface area (Å²) < 4.78 is 15.8. The molecule has 1 N–H and O–H groups in total. The van der Waals surface area contributed by atoms with Crippen molar-refractivity contribution in [1.82, 2.24) is 0 Å². The Morgan fingerprint density at radius 1 is 1.05 bits per heavy atom. The van der Waals surface area contributed by atoms with Gasteiger partial charge < -0.3 is 19.5 Å². The SMILES string of the molecule is CCOc1ccc(NC(=O)c2cccc(OC)c2)cc1OC. The van der Waals surface area contributed by atoms with Crippen molar-refractivity contribution in [3.05, 3.63) is 48.0 Å². The zero-order chi connectivity index (χ0) is 15.9. The lowest BCUT2D eigenvalue weighted by Crippen LogP contribution is -2.12. The van der Waals surface area contributed by atoms with Gasteiger partial charge in [0.05, 0.1) is 20.8 Å². The van der Waals surface area contributed by atoms with Crippen molar-refractivity contribution in [2.75, 3.05) is 26.1 Å². The first-order valence-corrected chi connectivity index (χ1v) is 6.94. The van der Waals surface area contributed by atoms with Crippen LogP contribution in [0.25, 0.3) is 0 Å². The van der Waals surface area contributed by atoms with Gasteiger partial charge in [0, 0.05) is 17.3 Å². The molecule has 0 aromatic heterocycles. The fraction of sp³-hybridized carbons (Fsp3) is 0.235. The molecule has 5 nitrogen and oxygen atoms in total. The van der Waals surface area contributed by atoms with E-state index in [9.17, 15) is 4.79 Å². The summed E-state index contributed by atoms with van der Waals surface area (Å²) in [5, 5.41) is 2.82. The quantitative estimate of drug-likeness (QED) is 0.889. The Kier molecular flexibility index (Phi) is 5.25. The minimum absolute atomic E-state index is 0.217. The average Bonchev–Trinajstić information content (AvgIpc) is 2.56. The zero-order valence-corrected chi connectivity index (χ0v) is 12.9. The summed E-state index contributed by atoms with van der Waals surface area (Å²) in [6, 6.07) is 12.2. The molecule has 5 heteroatoms. The summed E-state index contributed by atoms with van der Waals surface area (Å²) in [6.45, 7) is 2.45. The van der Waals surface area contributed by atoms with Gasteiger partial charge in [-0.2, -0.15) is 0 Å². The van der Waals surface area contributed by atoms with E-state index in [0.717, 1.165) is 0 Å². The normalized spacial score (nSPS) is 9.95. The summed E-state index contributed by atoms with van der Waals surface area (Å²) in [5.74, 6) is 1.64. The molecule has 0 aliphatic rings. The Hall–Kier alpha value is -2.69. The minimum atomic E-state index is -0.217. The molecule has 0 saturated heterocycles. The van der Waals surface area contributed by atoms with E-state index in [4.69, 9.17) is 14.2 Å². The number of amides is 1. The number of rotatable bonds is 6. The Bertz CT molecular complexity index is 655. The molecule has 0 spiro atoms. The number of carbonyl (C=O) groups excluding carboxylic acids is 1. The van der Waals surface area contributed by atoms with Crippen LogP contribution in [0.2, 0.25) is 0 Å². The maximum atomic E-state index is 12.3. The molecule has 2 rings (SSSR count). The van der Waals surface area contributed by atoms with Gasteiger partial charge >= 0.3 is 0 Å². The van der Waals surface area contributed by atoms with Crippen molar-refractivity contribution in [2.24, 2.45) is 0 Å². The molecular formula is C17H19NO4. The minimum Gasteiger partial charge on any atom is -0.497 e. The van der Waals surface area contributed by atoms with E-state index < -0.39 is 0 Å². The van der Waals surface area contributed by atoms with Gasteiger partial charge in [-0.1, -0.05) is 6.07 Å². The lowest BCUT2D eigenvalue weighted by atomic mass is 10.2. The zero-order valence-electron chi connectivity index (χ0n) is 12.9. The highest BCUT2D eigenvalue weighted by molar-refractivity contribution is 6.04. The standard InChI is InChI=1S/C17H19NO4/c1-4-22-15-9-8-13(11-16(15)21-3)18-17(19)12-6-5-7-14(10-12)20-2/h5-11H,4H2,1-3H3,(H,18,19). The number of anilines is 1. The molecule has 2 aromatic carbocycles. The first-order chi connectivity index (χ1) is 10.7. The number of hydrogen-bond donors (Lipinski definition) is 1. The summed E-state index contributed by atoms with van der Waals surface area (Å²) in [4.78, 5) is 12.3. The van der Waals surface area contributed by atoms with Crippen molar-refractivity contribution in [1.29, 1.82) is 0 Å². The third kappa shape index (κ3) is 3.69. The molecular weight excluding hydrogens is 282 g/mol. The van der Waals surface area contributed by atoms with Crippen LogP contribution in [0.3, 0.4) is 0 Å². The number of carbonyl (C=O) groups is 1. The molecule has 0 saturated carbocycles. The molecule has 0 radical (unpaired) electrons. The molecule has 22 heavy (non-hydrogen) atoms. The topological polar surface area (TPSA) is 56.8 Å². The molecule has 0 aliphatic heterocycles. The van der Waals surface area contributed by atoms with Crippen molar-refractivity contribution >= 4 is 11.6 Å². The molecule has 0 bridgehead atoms. The third-order valence-corrected chi connectivity index (χ3v) is 3.05. The van der Waals surface area contributed by atoms with Crippen LogP contribution in [0.15, 0.2) is 42.5 Å². The largest absolute Gasteiger partial charge is 0.497 e. The smallest absolute Gasteiger partial charge is 0.255 e. The van der Waals surface area contributed by atoms with E-state index in [1.165, 1.54) is 0 Å². The van der Waals surface area contributed by atoms with Crippen LogP contribution in [-0.4, -0.2) is 26.7 Å². The van der Waals surface area contributed by atoms with Gasteiger partial charge in [-0.25, -0.2) is 0 Å². The van der Waals surface area contributed by atoms with Gasteiger partial charge in [-0.05, 0) is 37.3 Å². The first kappa shape index (κ1) is 15.7. The van der Waals surface area contributed by atoms with E-state index in [-0.39, 0.29) is 5.91 Å². The summed E-state index contributed by atoms with van der Waals surface area (Å²) in [5.41, 5.74) is 1.15. The maximum absolute atomic E-state index is 12.3. The van der Waals surface area contributed by atoms with Crippen molar-refractivity contribution in [2.45, 2.75) is 6.92 Å². The fourth-order valence-corrected chi connectivity index (χ4v) is 1.99. The van der Waals surface area contributed by atoms with Gasteiger partial charge in [0.2, 0.25) is 0 Å². The molecule has 2 aromatic rings. The van der Waals surface area contributed by atoms with Crippen molar-refractivity contribution in [3.8, 4) is 17.2 Å². The number of methoxy groups -OCH3 is 2. The summed E-state index contributed by atoms with van der Waals surface area (Å²) in [6.07, 6.45) is 0. The third-order valence-electron chi connectivity index (χ3n) is 3.05. The van der Waals surface area contributed by atoms with Crippen LogP contribution in [0.1, 0.15) is 17.3 Å². The Morgan fingerprint density at radius 2 is 1.86 bits per heavy atom. The predicted octanol–water partition coefficient (Wildman–Crippen LogP) is 3.35.